The number of benzene rings is 3. The Morgan fingerprint density at radius 3 is 2.08 bits per heavy atom. The second kappa shape index (κ2) is 12.2. The first-order chi connectivity index (χ1) is 17.2. The fourth-order valence-corrected chi connectivity index (χ4v) is 4.78. The number of anilines is 1. The third-order valence-corrected chi connectivity index (χ3v) is 6.98. The number of hydrazone groups is 1. The number of aryl methyl sites for hydroxylation is 2. The van der Waals surface area contributed by atoms with Gasteiger partial charge in [-0.25, -0.2) is 13.8 Å². The molecule has 1 N–H and O–H groups in total. The Labute approximate surface area is 212 Å². The van der Waals surface area contributed by atoms with Crippen LogP contribution in [0.15, 0.2) is 76.7 Å². The second-order valence-electron chi connectivity index (χ2n) is 8.03. The van der Waals surface area contributed by atoms with Crippen LogP contribution in [0.3, 0.4) is 0 Å². The van der Waals surface area contributed by atoms with Gasteiger partial charge in [0, 0.05) is 0 Å². The van der Waals surface area contributed by atoms with E-state index >= 15 is 0 Å². The van der Waals surface area contributed by atoms with Crippen molar-refractivity contribution in [3.8, 4) is 11.5 Å². The maximum absolute atomic E-state index is 13.4. The van der Waals surface area contributed by atoms with Crippen LogP contribution in [0.25, 0.3) is 0 Å². The molecule has 0 unspecified atom stereocenters. The molecule has 0 saturated carbocycles. The van der Waals surface area contributed by atoms with Gasteiger partial charge in [0.2, 0.25) is 0 Å². The highest BCUT2D eigenvalue weighted by Crippen LogP contribution is 2.28. The Kier molecular flexibility index (Phi) is 9.08. The van der Waals surface area contributed by atoms with Gasteiger partial charge in [-0.05, 0) is 75.7 Å². The average Bonchev–Trinajstić information content (AvgIpc) is 2.85. The maximum atomic E-state index is 13.4. The van der Waals surface area contributed by atoms with E-state index in [0.717, 1.165) is 15.4 Å². The first-order valence-corrected chi connectivity index (χ1v) is 13.1. The van der Waals surface area contributed by atoms with Gasteiger partial charge in [-0.15, -0.1) is 0 Å². The van der Waals surface area contributed by atoms with Crippen molar-refractivity contribution in [2.75, 3.05) is 24.1 Å². The molecule has 0 heterocycles. The van der Waals surface area contributed by atoms with Gasteiger partial charge >= 0.3 is 0 Å². The summed E-state index contributed by atoms with van der Waals surface area (Å²) in [4.78, 5) is 12.8. The number of nitrogens with zero attached hydrogens (tertiary/aromatic N) is 2. The van der Waals surface area contributed by atoms with Crippen molar-refractivity contribution in [1.29, 1.82) is 0 Å². The molecule has 0 bridgehead atoms. The van der Waals surface area contributed by atoms with Gasteiger partial charge in [0.05, 0.1) is 30.0 Å². The highest BCUT2D eigenvalue weighted by atomic mass is 32.2. The lowest BCUT2D eigenvalue weighted by atomic mass is 10.2. The SMILES string of the molecule is CCOc1ccc(/C=N\NC(=O)CN(c2ccc(C)cc2)S(=O)(=O)c2ccc(C)cc2)cc1OCC. The summed E-state index contributed by atoms with van der Waals surface area (Å²) >= 11 is 0. The number of amides is 1. The molecule has 8 nitrogen and oxygen atoms in total. The zero-order chi connectivity index (χ0) is 26.1. The predicted molar refractivity (Wildman–Crippen MR) is 141 cm³/mol. The van der Waals surface area contributed by atoms with E-state index in [2.05, 4.69) is 10.5 Å². The number of rotatable bonds is 11. The molecule has 0 fully saturated rings. The van der Waals surface area contributed by atoms with E-state index in [1.807, 2.05) is 27.7 Å². The lowest BCUT2D eigenvalue weighted by Crippen LogP contribution is -2.39. The van der Waals surface area contributed by atoms with Crippen molar-refractivity contribution < 1.29 is 22.7 Å². The maximum Gasteiger partial charge on any atom is 0.264 e. The van der Waals surface area contributed by atoms with Crippen LogP contribution >= 0.6 is 0 Å². The normalized spacial score (nSPS) is 11.3. The highest BCUT2D eigenvalue weighted by Gasteiger charge is 2.27. The number of sulfonamides is 1. The standard InChI is InChI=1S/C27H31N3O5S/c1-5-34-25-16-11-22(17-26(25)35-6-2)18-28-29-27(31)19-30(23-12-7-20(3)8-13-23)36(32,33)24-14-9-21(4)10-15-24/h7-18H,5-6,19H2,1-4H3,(H,29,31)/b28-18-. The zero-order valence-corrected chi connectivity index (χ0v) is 21.7. The molecular formula is C27H31N3O5S. The molecule has 36 heavy (non-hydrogen) atoms. The summed E-state index contributed by atoms with van der Waals surface area (Å²) in [6.07, 6.45) is 1.46. The van der Waals surface area contributed by atoms with Crippen molar-refractivity contribution >= 4 is 27.8 Å². The molecule has 0 aliphatic rings. The predicted octanol–water partition coefficient (Wildman–Crippen LogP) is 4.45. The second-order valence-corrected chi connectivity index (χ2v) is 9.89. The lowest BCUT2D eigenvalue weighted by Gasteiger charge is -2.24. The Bertz CT molecular complexity index is 1300. The van der Waals surface area contributed by atoms with Crippen molar-refractivity contribution in [3.63, 3.8) is 0 Å². The van der Waals surface area contributed by atoms with Gasteiger partial charge in [-0.1, -0.05) is 35.4 Å². The van der Waals surface area contributed by atoms with Crippen LogP contribution in [0.4, 0.5) is 5.69 Å². The van der Waals surface area contributed by atoms with E-state index in [9.17, 15) is 13.2 Å². The smallest absolute Gasteiger partial charge is 0.264 e. The van der Waals surface area contributed by atoms with Gasteiger partial charge in [-0.3, -0.25) is 9.10 Å². The molecular weight excluding hydrogens is 478 g/mol. The molecule has 0 radical (unpaired) electrons. The number of carbonyl (C=O) groups is 1. The number of nitrogens with one attached hydrogen (secondary N) is 1. The topological polar surface area (TPSA) is 97.3 Å². The lowest BCUT2D eigenvalue weighted by molar-refractivity contribution is -0.119. The molecule has 0 aliphatic carbocycles. The summed E-state index contributed by atoms with van der Waals surface area (Å²) in [5.74, 6) is 0.610. The molecule has 3 rings (SSSR count). The first kappa shape index (κ1) is 26.7. The fourth-order valence-electron chi connectivity index (χ4n) is 3.36. The van der Waals surface area contributed by atoms with Crippen molar-refractivity contribution in [3.05, 3.63) is 83.4 Å². The molecule has 0 saturated heterocycles. The van der Waals surface area contributed by atoms with Crippen LogP contribution in [-0.4, -0.2) is 40.3 Å². The number of hydrogen-bond acceptors (Lipinski definition) is 6. The van der Waals surface area contributed by atoms with Crippen LogP contribution in [0.1, 0.15) is 30.5 Å². The van der Waals surface area contributed by atoms with Crippen LogP contribution in [-0.2, 0) is 14.8 Å². The van der Waals surface area contributed by atoms with Crippen LogP contribution < -0.4 is 19.2 Å². The van der Waals surface area contributed by atoms with E-state index in [0.29, 0.717) is 36.0 Å². The number of carbonyl (C=O) groups excluding carboxylic acids is 1. The van der Waals surface area contributed by atoms with E-state index in [1.54, 1.807) is 54.6 Å². The summed E-state index contributed by atoms with van der Waals surface area (Å²) < 4.78 is 39.1. The monoisotopic (exact) mass is 509 g/mol. The van der Waals surface area contributed by atoms with Gasteiger partial charge in [0.1, 0.15) is 6.54 Å². The van der Waals surface area contributed by atoms with Crippen molar-refractivity contribution in [2.24, 2.45) is 5.10 Å². The van der Waals surface area contributed by atoms with Crippen LogP contribution in [0, 0.1) is 13.8 Å². The minimum absolute atomic E-state index is 0.0998. The van der Waals surface area contributed by atoms with Gasteiger partial charge < -0.3 is 9.47 Å². The van der Waals surface area contributed by atoms with E-state index in [1.165, 1.54) is 18.3 Å². The Balaban J connectivity index is 1.79. The summed E-state index contributed by atoms with van der Waals surface area (Å²) in [5, 5.41) is 4.00. The minimum atomic E-state index is -3.99. The molecule has 0 aliphatic heterocycles. The van der Waals surface area contributed by atoms with Crippen molar-refractivity contribution in [1.82, 2.24) is 5.43 Å². The molecule has 0 spiro atoms. The van der Waals surface area contributed by atoms with Crippen LogP contribution in [0.2, 0.25) is 0 Å². The highest BCUT2D eigenvalue weighted by molar-refractivity contribution is 7.92. The number of hydrogen-bond donors (Lipinski definition) is 1. The van der Waals surface area contributed by atoms with E-state index < -0.39 is 22.5 Å². The van der Waals surface area contributed by atoms with Gasteiger partial charge in [0.15, 0.2) is 11.5 Å². The molecule has 3 aromatic carbocycles. The largest absolute Gasteiger partial charge is 0.490 e. The summed E-state index contributed by atoms with van der Waals surface area (Å²) in [6, 6.07) is 18.7. The van der Waals surface area contributed by atoms with E-state index in [-0.39, 0.29) is 4.90 Å². The summed E-state index contributed by atoms with van der Waals surface area (Å²) in [7, 11) is -3.99. The first-order valence-electron chi connectivity index (χ1n) is 11.6. The van der Waals surface area contributed by atoms with Crippen LogP contribution in [0.5, 0.6) is 11.5 Å². The fraction of sp³-hybridized carbons (Fsp3) is 0.259. The zero-order valence-electron chi connectivity index (χ0n) is 20.9. The van der Waals surface area contributed by atoms with Gasteiger partial charge in [-0.2, -0.15) is 5.10 Å². The molecule has 0 aromatic heterocycles. The summed E-state index contributed by atoms with van der Waals surface area (Å²) in [6.45, 7) is 8.09. The molecule has 3 aromatic rings. The molecule has 0 atom stereocenters. The third-order valence-electron chi connectivity index (χ3n) is 5.19. The molecule has 9 heteroatoms. The number of ether oxygens (including phenoxy) is 2. The molecule has 190 valence electrons. The Hall–Kier alpha value is -3.85. The quantitative estimate of drug-likeness (QED) is 0.304. The average molecular weight is 510 g/mol. The summed E-state index contributed by atoms with van der Waals surface area (Å²) in [5.41, 5.74) is 5.40. The van der Waals surface area contributed by atoms with E-state index in [4.69, 9.17) is 9.47 Å². The molecule has 1 amide bonds. The minimum Gasteiger partial charge on any atom is -0.490 e. The van der Waals surface area contributed by atoms with Crippen molar-refractivity contribution in [2.45, 2.75) is 32.6 Å². The Morgan fingerprint density at radius 2 is 1.47 bits per heavy atom. The van der Waals surface area contributed by atoms with Gasteiger partial charge in [0.25, 0.3) is 15.9 Å². The third kappa shape index (κ3) is 6.85. The Morgan fingerprint density at radius 1 is 0.889 bits per heavy atom.